The summed E-state index contributed by atoms with van der Waals surface area (Å²) >= 11 is 0. The van der Waals surface area contributed by atoms with E-state index in [4.69, 9.17) is 14.2 Å². The van der Waals surface area contributed by atoms with Gasteiger partial charge in [0, 0.05) is 18.9 Å². The van der Waals surface area contributed by atoms with Crippen molar-refractivity contribution in [2.24, 2.45) is 0 Å². The van der Waals surface area contributed by atoms with E-state index in [1.807, 2.05) is 13.8 Å². The molecule has 0 fully saturated rings. The maximum atomic E-state index is 12.4. The van der Waals surface area contributed by atoms with Gasteiger partial charge in [0.2, 0.25) is 0 Å². The number of benzene rings is 1. The molecule has 0 aromatic heterocycles. The molecular weight excluding hydrogens is 284 g/mol. The molecule has 0 aliphatic heterocycles. The lowest BCUT2D eigenvalue weighted by Crippen LogP contribution is -2.12. The molecule has 0 saturated heterocycles. The van der Waals surface area contributed by atoms with Crippen molar-refractivity contribution in [3.8, 4) is 17.2 Å². The number of hydrogen-bond donors (Lipinski definition) is 0. The Balaban J connectivity index is 3.63. The van der Waals surface area contributed by atoms with Gasteiger partial charge in [0.25, 0.3) is 0 Å². The molecule has 0 aliphatic carbocycles. The van der Waals surface area contributed by atoms with Gasteiger partial charge in [-0.05, 0) is 12.8 Å². The van der Waals surface area contributed by atoms with Crippen molar-refractivity contribution in [1.29, 1.82) is 0 Å². The number of ether oxygens (including phenoxy) is 3. The highest BCUT2D eigenvalue weighted by atomic mass is 16.5. The van der Waals surface area contributed by atoms with Gasteiger partial charge in [-0.25, -0.2) is 0 Å². The summed E-state index contributed by atoms with van der Waals surface area (Å²) in [6, 6.07) is 1.58. The minimum atomic E-state index is -0.107. The third-order valence-electron chi connectivity index (χ3n) is 3.36. The fraction of sp³-hybridized carbons (Fsp3) is 0.529. The molecule has 1 aromatic carbocycles. The topological polar surface area (TPSA) is 61.8 Å². The van der Waals surface area contributed by atoms with E-state index in [2.05, 4.69) is 0 Å². The molecule has 5 nitrogen and oxygen atoms in total. The minimum absolute atomic E-state index is 0.107. The van der Waals surface area contributed by atoms with E-state index in [1.54, 1.807) is 6.07 Å². The number of hydrogen-bond acceptors (Lipinski definition) is 5. The highest BCUT2D eigenvalue weighted by molar-refractivity contribution is 6.09. The average molecular weight is 308 g/mol. The van der Waals surface area contributed by atoms with Gasteiger partial charge in [-0.15, -0.1) is 0 Å². The van der Waals surface area contributed by atoms with Gasteiger partial charge < -0.3 is 14.2 Å². The molecule has 5 heteroatoms. The molecule has 0 amide bonds. The van der Waals surface area contributed by atoms with E-state index in [0.717, 1.165) is 0 Å². The molecule has 22 heavy (non-hydrogen) atoms. The third kappa shape index (κ3) is 3.59. The van der Waals surface area contributed by atoms with Gasteiger partial charge in [0.1, 0.15) is 28.4 Å². The van der Waals surface area contributed by atoms with Crippen LogP contribution in [0.1, 0.15) is 60.2 Å². The number of carbonyl (C=O) groups is 2. The molecule has 1 rings (SSSR count). The highest BCUT2D eigenvalue weighted by Crippen LogP contribution is 2.40. The predicted octanol–water partition coefficient (Wildman–Crippen LogP) is 3.68. The molecule has 0 saturated carbocycles. The first kappa shape index (κ1) is 18.0. The zero-order chi connectivity index (χ0) is 16.7. The summed E-state index contributed by atoms with van der Waals surface area (Å²) in [7, 11) is 4.40. The fourth-order valence-corrected chi connectivity index (χ4v) is 2.37. The van der Waals surface area contributed by atoms with E-state index in [1.165, 1.54) is 21.3 Å². The Morgan fingerprint density at radius 3 is 1.50 bits per heavy atom. The van der Waals surface area contributed by atoms with Crippen molar-refractivity contribution in [1.82, 2.24) is 0 Å². The third-order valence-corrected chi connectivity index (χ3v) is 3.36. The van der Waals surface area contributed by atoms with Crippen LogP contribution in [0, 0.1) is 0 Å². The van der Waals surface area contributed by atoms with Crippen molar-refractivity contribution < 1.29 is 23.8 Å². The second-order valence-corrected chi connectivity index (χ2v) is 4.91. The summed E-state index contributed by atoms with van der Waals surface area (Å²) in [5.74, 6) is 0.752. The van der Waals surface area contributed by atoms with Crippen molar-refractivity contribution in [3.63, 3.8) is 0 Å². The first-order chi connectivity index (χ1) is 10.5. The van der Waals surface area contributed by atoms with Crippen LogP contribution in [0.15, 0.2) is 6.07 Å². The molecule has 0 aliphatic rings. The number of rotatable bonds is 9. The zero-order valence-electron chi connectivity index (χ0n) is 13.9. The van der Waals surface area contributed by atoms with Crippen molar-refractivity contribution in [2.45, 2.75) is 39.5 Å². The van der Waals surface area contributed by atoms with Crippen molar-refractivity contribution >= 4 is 11.6 Å². The van der Waals surface area contributed by atoms with E-state index < -0.39 is 0 Å². The van der Waals surface area contributed by atoms with E-state index in [-0.39, 0.29) is 17.3 Å². The smallest absolute Gasteiger partial charge is 0.170 e. The minimum Gasteiger partial charge on any atom is -0.496 e. The Hall–Kier alpha value is -2.04. The van der Waals surface area contributed by atoms with E-state index in [9.17, 15) is 9.59 Å². The van der Waals surface area contributed by atoms with Crippen LogP contribution in [0.5, 0.6) is 17.2 Å². The largest absolute Gasteiger partial charge is 0.496 e. The molecule has 0 atom stereocenters. The second-order valence-electron chi connectivity index (χ2n) is 4.91. The van der Waals surface area contributed by atoms with Gasteiger partial charge in [-0.2, -0.15) is 0 Å². The molecule has 0 heterocycles. The summed E-state index contributed by atoms with van der Waals surface area (Å²) < 4.78 is 16.0. The van der Waals surface area contributed by atoms with Crippen LogP contribution in [0.4, 0.5) is 0 Å². The van der Waals surface area contributed by atoms with E-state index in [0.29, 0.717) is 48.3 Å². The second kappa shape index (κ2) is 8.41. The maximum absolute atomic E-state index is 12.4. The van der Waals surface area contributed by atoms with Crippen LogP contribution in [0.25, 0.3) is 0 Å². The molecule has 1 aromatic rings. The number of Topliss-reactive ketones (excluding diaryl/α,β-unsaturated/α-hetero) is 2. The van der Waals surface area contributed by atoms with Crippen LogP contribution in [-0.4, -0.2) is 32.9 Å². The normalized spacial score (nSPS) is 10.2. The molecular formula is C17H24O5. The molecule has 0 bridgehead atoms. The quantitative estimate of drug-likeness (QED) is 0.651. The Morgan fingerprint density at radius 1 is 0.818 bits per heavy atom. The average Bonchev–Trinajstić information content (AvgIpc) is 2.52. The Labute approximate surface area is 131 Å². The predicted molar refractivity (Wildman–Crippen MR) is 84.6 cm³/mol. The van der Waals surface area contributed by atoms with Gasteiger partial charge in [-0.3, -0.25) is 9.59 Å². The van der Waals surface area contributed by atoms with Crippen LogP contribution < -0.4 is 14.2 Å². The zero-order valence-corrected chi connectivity index (χ0v) is 13.9. The number of methoxy groups -OCH3 is 3. The monoisotopic (exact) mass is 308 g/mol. The maximum Gasteiger partial charge on any atom is 0.170 e. The number of carbonyl (C=O) groups excluding carboxylic acids is 2. The Bertz CT molecular complexity index is 504. The molecule has 0 unspecified atom stereocenters. The summed E-state index contributed by atoms with van der Waals surface area (Å²) in [5, 5.41) is 0. The highest BCUT2D eigenvalue weighted by Gasteiger charge is 2.28. The lowest BCUT2D eigenvalue weighted by Gasteiger charge is -2.18. The van der Waals surface area contributed by atoms with Crippen molar-refractivity contribution in [3.05, 3.63) is 17.2 Å². The van der Waals surface area contributed by atoms with E-state index >= 15 is 0 Å². The van der Waals surface area contributed by atoms with Crippen LogP contribution >= 0.6 is 0 Å². The molecule has 0 spiro atoms. The summed E-state index contributed by atoms with van der Waals surface area (Å²) in [6.45, 7) is 3.84. The van der Waals surface area contributed by atoms with Crippen LogP contribution in [-0.2, 0) is 0 Å². The Kier molecular flexibility index (Phi) is 6.89. The molecule has 0 N–H and O–H groups in total. The van der Waals surface area contributed by atoms with Crippen LogP contribution in [0.3, 0.4) is 0 Å². The van der Waals surface area contributed by atoms with Gasteiger partial charge in [0.05, 0.1) is 21.3 Å². The number of ketones is 2. The fourth-order valence-electron chi connectivity index (χ4n) is 2.37. The first-order valence-corrected chi connectivity index (χ1v) is 7.44. The summed E-state index contributed by atoms with van der Waals surface area (Å²) in [4.78, 5) is 24.8. The summed E-state index contributed by atoms with van der Waals surface area (Å²) in [5.41, 5.74) is 0.624. The van der Waals surface area contributed by atoms with Gasteiger partial charge >= 0.3 is 0 Å². The van der Waals surface area contributed by atoms with Crippen LogP contribution in [0.2, 0.25) is 0 Å². The molecule has 0 radical (unpaired) electrons. The lowest BCUT2D eigenvalue weighted by atomic mass is 9.96. The van der Waals surface area contributed by atoms with Crippen molar-refractivity contribution in [2.75, 3.05) is 21.3 Å². The van der Waals surface area contributed by atoms with Gasteiger partial charge in [-0.1, -0.05) is 13.8 Å². The standard InChI is InChI=1S/C17H24O5/c1-6-8-11(18)15-13(20-3)10-14(21-4)16(17(15)22-5)12(19)9-7-2/h10H,6-9H2,1-5H3. The Morgan fingerprint density at radius 2 is 1.23 bits per heavy atom. The first-order valence-electron chi connectivity index (χ1n) is 7.44. The SMILES string of the molecule is CCCC(=O)c1c(OC)cc(OC)c(C(=O)CCC)c1OC. The molecule has 122 valence electrons. The van der Waals surface area contributed by atoms with Gasteiger partial charge in [0.15, 0.2) is 11.6 Å². The lowest BCUT2D eigenvalue weighted by molar-refractivity contribution is 0.0972. The summed E-state index contributed by atoms with van der Waals surface area (Å²) in [6.07, 6.45) is 2.13.